The van der Waals surface area contributed by atoms with E-state index < -0.39 is 22.5 Å². The Morgan fingerprint density at radius 2 is 1.67 bits per heavy atom. The Labute approximate surface area is 193 Å². The SMILES string of the molecule is Cc1cccc(C)c1N(CC(=O)Nc1ccccc1C(=O)NCc1cccnc1)S(C)(=O)=O. The maximum absolute atomic E-state index is 12.9. The number of hydrogen-bond donors (Lipinski definition) is 2. The monoisotopic (exact) mass is 466 g/mol. The van der Waals surface area contributed by atoms with Gasteiger partial charge in [-0.05, 0) is 48.7 Å². The zero-order valence-electron chi connectivity index (χ0n) is 18.7. The highest BCUT2D eigenvalue weighted by Crippen LogP contribution is 2.27. The minimum absolute atomic E-state index is 0.271. The lowest BCUT2D eigenvalue weighted by Gasteiger charge is -2.25. The Morgan fingerprint density at radius 3 is 2.30 bits per heavy atom. The second kappa shape index (κ2) is 10.3. The Morgan fingerprint density at radius 1 is 0.970 bits per heavy atom. The van der Waals surface area contributed by atoms with Gasteiger partial charge in [-0.25, -0.2) is 8.42 Å². The summed E-state index contributed by atoms with van der Waals surface area (Å²) in [6, 6.07) is 15.6. The number of amides is 2. The molecular formula is C24H26N4O4S. The molecule has 0 atom stereocenters. The summed E-state index contributed by atoms with van der Waals surface area (Å²) >= 11 is 0. The standard InChI is InChI=1S/C24H26N4O4S/c1-17-8-6-9-18(2)23(17)28(33(3,31)32)16-22(29)27-21-12-5-4-11-20(21)24(30)26-15-19-10-7-13-25-14-19/h4-14H,15-16H2,1-3H3,(H,26,30)(H,27,29). The summed E-state index contributed by atoms with van der Waals surface area (Å²) in [5.41, 5.74) is 3.35. The summed E-state index contributed by atoms with van der Waals surface area (Å²) in [5, 5.41) is 5.48. The van der Waals surface area contributed by atoms with Crippen LogP contribution in [-0.4, -0.2) is 38.0 Å². The Kier molecular flexibility index (Phi) is 7.44. The molecule has 0 saturated carbocycles. The molecule has 172 valence electrons. The van der Waals surface area contributed by atoms with E-state index in [1.165, 1.54) is 0 Å². The Balaban J connectivity index is 1.78. The molecule has 2 aromatic carbocycles. The van der Waals surface area contributed by atoms with Crippen LogP contribution in [0.1, 0.15) is 27.0 Å². The molecule has 2 amide bonds. The van der Waals surface area contributed by atoms with Crippen molar-refractivity contribution in [3.05, 3.63) is 89.2 Å². The normalized spacial score (nSPS) is 11.0. The minimum atomic E-state index is -3.73. The molecule has 1 heterocycles. The number of benzene rings is 2. The molecule has 0 fully saturated rings. The number of hydrogen-bond acceptors (Lipinski definition) is 5. The van der Waals surface area contributed by atoms with Gasteiger partial charge < -0.3 is 10.6 Å². The lowest BCUT2D eigenvalue weighted by molar-refractivity contribution is -0.114. The molecule has 9 heteroatoms. The van der Waals surface area contributed by atoms with Crippen LogP contribution in [0.4, 0.5) is 11.4 Å². The van der Waals surface area contributed by atoms with Crippen LogP contribution in [0.15, 0.2) is 67.0 Å². The molecule has 0 aliphatic rings. The Bertz CT molecular complexity index is 1240. The van der Waals surface area contributed by atoms with E-state index in [1.54, 1.807) is 68.7 Å². The predicted octanol–water partition coefficient (Wildman–Crippen LogP) is 3.03. The zero-order valence-corrected chi connectivity index (χ0v) is 19.5. The number of para-hydroxylation sites is 2. The quantitative estimate of drug-likeness (QED) is 0.531. The van der Waals surface area contributed by atoms with Gasteiger partial charge in [0.05, 0.1) is 23.2 Å². The summed E-state index contributed by atoms with van der Waals surface area (Å²) in [7, 11) is -3.73. The maximum Gasteiger partial charge on any atom is 0.253 e. The fourth-order valence-electron chi connectivity index (χ4n) is 3.45. The first-order valence-corrected chi connectivity index (χ1v) is 12.1. The lowest BCUT2D eigenvalue weighted by Crippen LogP contribution is -2.38. The second-order valence-electron chi connectivity index (χ2n) is 7.65. The van der Waals surface area contributed by atoms with Crippen molar-refractivity contribution < 1.29 is 18.0 Å². The van der Waals surface area contributed by atoms with E-state index in [4.69, 9.17) is 0 Å². The molecule has 2 N–H and O–H groups in total. The minimum Gasteiger partial charge on any atom is -0.348 e. The number of nitrogens with one attached hydrogen (secondary N) is 2. The number of aromatic nitrogens is 1. The number of rotatable bonds is 8. The van der Waals surface area contributed by atoms with Crippen molar-refractivity contribution in [2.45, 2.75) is 20.4 Å². The number of sulfonamides is 1. The van der Waals surface area contributed by atoms with Crippen LogP contribution in [0.3, 0.4) is 0 Å². The molecular weight excluding hydrogens is 440 g/mol. The fraction of sp³-hybridized carbons (Fsp3) is 0.208. The first kappa shape index (κ1) is 23.9. The molecule has 3 aromatic rings. The summed E-state index contributed by atoms with van der Waals surface area (Å²) in [4.78, 5) is 29.6. The second-order valence-corrected chi connectivity index (χ2v) is 9.55. The van der Waals surface area contributed by atoms with E-state index in [0.29, 0.717) is 11.4 Å². The van der Waals surface area contributed by atoms with Gasteiger partial charge in [-0.1, -0.05) is 36.4 Å². The number of aryl methyl sites for hydroxylation is 2. The topological polar surface area (TPSA) is 108 Å². The third-order valence-corrected chi connectivity index (χ3v) is 6.11. The van der Waals surface area contributed by atoms with E-state index in [9.17, 15) is 18.0 Å². The van der Waals surface area contributed by atoms with Crippen LogP contribution in [0.2, 0.25) is 0 Å². The van der Waals surface area contributed by atoms with Gasteiger partial charge in [-0.2, -0.15) is 0 Å². The Hall–Kier alpha value is -3.72. The van der Waals surface area contributed by atoms with E-state index in [0.717, 1.165) is 27.3 Å². The van der Waals surface area contributed by atoms with Crippen LogP contribution in [0.25, 0.3) is 0 Å². The van der Waals surface area contributed by atoms with Crippen molar-refractivity contribution in [1.82, 2.24) is 10.3 Å². The van der Waals surface area contributed by atoms with Crippen LogP contribution in [0.5, 0.6) is 0 Å². The number of nitrogens with zero attached hydrogens (tertiary/aromatic N) is 2. The zero-order chi connectivity index (χ0) is 24.0. The average Bonchev–Trinajstić information content (AvgIpc) is 2.77. The number of carbonyl (C=O) groups is 2. The van der Waals surface area contributed by atoms with Crippen molar-refractivity contribution >= 4 is 33.2 Å². The largest absolute Gasteiger partial charge is 0.348 e. The lowest BCUT2D eigenvalue weighted by atomic mass is 10.1. The summed E-state index contributed by atoms with van der Waals surface area (Å²) in [5.74, 6) is -0.931. The third kappa shape index (κ3) is 6.17. The predicted molar refractivity (Wildman–Crippen MR) is 129 cm³/mol. The smallest absolute Gasteiger partial charge is 0.253 e. The highest BCUT2D eigenvalue weighted by atomic mass is 32.2. The van der Waals surface area contributed by atoms with Crippen LogP contribution in [-0.2, 0) is 21.4 Å². The van der Waals surface area contributed by atoms with Crippen LogP contribution < -0.4 is 14.9 Å². The molecule has 0 radical (unpaired) electrons. The van der Waals surface area contributed by atoms with E-state index in [1.807, 2.05) is 12.1 Å². The highest BCUT2D eigenvalue weighted by molar-refractivity contribution is 7.92. The maximum atomic E-state index is 12.9. The van der Waals surface area contributed by atoms with Crippen molar-refractivity contribution in [2.75, 3.05) is 22.4 Å². The molecule has 8 nitrogen and oxygen atoms in total. The molecule has 0 unspecified atom stereocenters. The van der Waals surface area contributed by atoms with Crippen LogP contribution >= 0.6 is 0 Å². The van der Waals surface area contributed by atoms with Crippen molar-refractivity contribution in [2.24, 2.45) is 0 Å². The fourth-order valence-corrected chi connectivity index (χ4v) is 4.42. The van der Waals surface area contributed by atoms with Gasteiger partial charge in [0.25, 0.3) is 5.91 Å². The molecule has 0 saturated heterocycles. The number of pyridine rings is 1. The van der Waals surface area contributed by atoms with E-state index in [-0.39, 0.29) is 18.0 Å². The van der Waals surface area contributed by atoms with Gasteiger partial charge in [0.1, 0.15) is 6.54 Å². The van der Waals surface area contributed by atoms with Crippen molar-refractivity contribution in [3.63, 3.8) is 0 Å². The van der Waals surface area contributed by atoms with Gasteiger partial charge in [-0.15, -0.1) is 0 Å². The highest BCUT2D eigenvalue weighted by Gasteiger charge is 2.24. The molecule has 0 aliphatic carbocycles. The third-order valence-electron chi connectivity index (χ3n) is 5.00. The molecule has 0 bridgehead atoms. The summed E-state index contributed by atoms with van der Waals surface area (Å²) in [6.07, 6.45) is 4.36. The van der Waals surface area contributed by atoms with Gasteiger partial charge in [0.2, 0.25) is 15.9 Å². The van der Waals surface area contributed by atoms with E-state index in [2.05, 4.69) is 15.6 Å². The molecule has 0 aliphatic heterocycles. The molecule has 0 spiro atoms. The average molecular weight is 467 g/mol. The first-order chi connectivity index (χ1) is 15.7. The molecule has 1 aromatic heterocycles. The molecule has 33 heavy (non-hydrogen) atoms. The molecule has 3 rings (SSSR count). The van der Waals surface area contributed by atoms with E-state index >= 15 is 0 Å². The first-order valence-electron chi connectivity index (χ1n) is 10.3. The van der Waals surface area contributed by atoms with Gasteiger partial charge in [0.15, 0.2) is 0 Å². The summed E-state index contributed by atoms with van der Waals surface area (Å²) in [6.45, 7) is 3.44. The summed E-state index contributed by atoms with van der Waals surface area (Å²) < 4.78 is 26.1. The number of carbonyl (C=O) groups excluding carboxylic acids is 2. The van der Waals surface area contributed by atoms with Gasteiger partial charge in [-0.3, -0.25) is 18.9 Å². The van der Waals surface area contributed by atoms with Crippen molar-refractivity contribution in [3.8, 4) is 0 Å². The van der Waals surface area contributed by atoms with Crippen LogP contribution in [0, 0.1) is 13.8 Å². The number of anilines is 2. The van der Waals surface area contributed by atoms with Gasteiger partial charge >= 0.3 is 0 Å². The van der Waals surface area contributed by atoms with Crippen molar-refractivity contribution in [1.29, 1.82) is 0 Å². The van der Waals surface area contributed by atoms with Gasteiger partial charge in [0, 0.05) is 18.9 Å².